The van der Waals surface area contributed by atoms with Crippen molar-refractivity contribution < 1.29 is 22.4 Å². The number of halogens is 4. The molecule has 0 aliphatic carbocycles. The molecule has 0 bridgehead atoms. The van der Waals surface area contributed by atoms with Crippen molar-refractivity contribution in [3.05, 3.63) is 93.2 Å². The molecular formula is C29H31Cl3FN3O4S. The summed E-state index contributed by atoms with van der Waals surface area (Å²) in [7, 11) is -4.31. The molecule has 2 amide bonds. The lowest BCUT2D eigenvalue weighted by Gasteiger charge is -2.34. The van der Waals surface area contributed by atoms with Crippen LogP contribution in [0.25, 0.3) is 0 Å². The Labute approximate surface area is 255 Å². The van der Waals surface area contributed by atoms with Gasteiger partial charge in [-0.05, 0) is 75.2 Å². The van der Waals surface area contributed by atoms with Gasteiger partial charge in [-0.3, -0.25) is 13.9 Å². The number of hydrogen-bond acceptors (Lipinski definition) is 4. The molecule has 7 nitrogen and oxygen atoms in total. The van der Waals surface area contributed by atoms with E-state index >= 15 is 0 Å². The van der Waals surface area contributed by atoms with Crippen LogP contribution >= 0.6 is 34.8 Å². The fraction of sp³-hybridized carbons (Fsp3) is 0.310. The van der Waals surface area contributed by atoms with Crippen LogP contribution in [-0.2, 0) is 26.2 Å². The van der Waals surface area contributed by atoms with Gasteiger partial charge in [0.1, 0.15) is 18.4 Å². The summed E-state index contributed by atoms with van der Waals surface area (Å²) in [6.07, 6.45) is 0.239. The molecule has 0 saturated heterocycles. The fourth-order valence-electron chi connectivity index (χ4n) is 4.10. The number of sulfonamides is 1. The third-order valence-corrected chi connectivity index (χ3v) is 8.84. The zero-order chi connectivity index (χ0) is 30.5. The van der Waals surface area contributed by atoms with Crippen LogP contribution in [0.2, 0.25) is 15.1 Å². The average molecular weight is 643 g/mol. The van der Waals surface area contributed by atoms with Crippen molar-refractivity contribution in [1.82, 2.24) is 10.2 Å². The number of amides is 2. The first-order chi connectivity index (χ1) is 19.1. The van der Waals surface area contributed by atoms with Gasteiger partial charge >= 0.3 is 0 Å². The molecule has 0 spiro atoms. The van der Waals surface area contributed by atoms with Gasteiger partial charge in [0.05, 0.1) is 25.7 Å². The van der Waals surface area contributed by atoms with E-state index in [9.17, 15) is 22.4 Å². The van der Waals surface area contributed by atoms with E-state index in [1.807, 2.05) is 20.8 Å². The minimum atomic E-state index is -4.31. The molecule has 220 valence electrons. The summed E-state index contributed by atoms with van der Waals surface area (Å²) in [5, 5.41) is 3.16. The third-order valence-electron chi connectivity index (χ3n) is 6.02. The lowest BCUT2D eigenvalue weighted by atomic mass is 10.1. The highest BCUT2D eigenvalue weighted by Crippen LogP contribution is 2.29. The second kappa shape index (κ2) is 13.4. The zero-order valence-corrected chi connectivity index (χ0v) is 26.1. The molecule has 0 aromatic heterocycles. The Bertz CT molecular complexity index is 1520. The van der Waals surface area contributed by atoms with Crippen LogP contribution in [0.4, 0.5) is 10.1 Å². The maximum atomic E-state index is 14.1. The van der Waals surface area contributed by atoms with Crippen LogP contribution in [0, 0.1) is 5.82 Å². The molecule has 0 aliphatic heterocycles. The fourth-order valence-corrected chi connectivity index (χ4v) is 6.02. The smallest absolute Gasteiger partial charge is 0.264 e. The molecule has 3 rings (SSSR count). The number of anilines is 1. The lowest BCUT2D eigenvalue weighted by Crippen LogP contribution is -2.55. The molecule has 12 heteroatoms. The standard InChI is InChI=1S/C29H31Cl3FN3O4S/c1-5-26(28(38)34-29(2,3)4)35(17-19-11-13-22(30)23(31)15-19)27(37)18-36(20-12-14-25(33)24(32)16-20)41(39,40)21-9-7-6-8-10-21/h6-16,26H,5,17-18H2,1-4H3,(H,34,38)/t26-/m0/s1. The first-order valence-corrected chi connectivity index (χ1v) is 15.3. The van der Waals surface area contributed by atoms with Crippen LogP contribution in [-0.4, -0.2) is 43.3 Å². The van der Waals surface area contributed by atoms with Crippen molar-refractivity contribution in [2.75, 3.05) is 10.8 Å². The maximum Gasteiger partial charge on any atom is 0.264 e. The van der Waals surface area contributed by atoms with Gasteiger partial charge in [-0.2, -0.15) is 0 Å². The van der Waals surface area contributed by atoms with Crippen LogP contribution in [0.15, 0.2) is 71.6 Å². The second-order valence-electron chi connectivity index (χ2n) is 10.4. The van der Waals surface area contributed by atoms with Gasteiger partial charge in [-0.25, -0.2) is 12.8 Å². The zero-order valence-electron chi connectivity index (χ0n) is 23.0. The largest absolute Gasteiger partial charge is 0.350 e. The number of carbonyl (C=O) groups is 2. The van der Waals surface area contributed by atoms with E-state index in [0.29, 0.717) is 10.6 Å². The molecule has 3 aromatic carbocycles. The van der Waals surface area contributed by atoms with E-state index in [0.717, 1.165) is 16.4 Å². The SMILES string of the molecule is CC[C@@H](C(=O)NC(C)(C)C)N(Cc1ccc(Cl)c(Cl)c1)C(=O)CN(c1ccc(F)c(Cl)c1)S(=O)(=O)c1ccccc1. The summed E-state index contributed by atoms with van der Waals surface area (Å²) in [5.74, 6) is -1.83. The quantitative estimate of drug-likeness (QED) is 0.267. The normalized spacial score (nSPS) is 12.5. The second-order valence-corrected chi connectivity index (χ2v) is 13.4. The first-order valence-electron chi connectivity index (χ1n) is 12.7. The van der Waals surface area contributed by atoms with E-state index in [4.69, 9.17) is 34.8 Å². The molecule has 0 aliphatic rings. The topological polar surface area (TPSA) is 86.8 Å². The number of rotatable bonds is 10. The van der Waals surface area contributed by atoms with Gasteiger partial charge in [0.25, 0.3) is 10.0 Å². The molecule has 0 radical (unpaired) electrons. The van der Waals surface area contributed by atoms with Gasteiger partial charge in [0, 0.05) is 12.1 Å². The Morgan fingerprint density at radius 3 is 2.15 bits per heavy atom. The number of benzene rings is 3. The number of hydrogen-bond donors (Lipinski definition) is 1. The van der Waals surface area contributed by atoms with E-state index in [-0.39, 0.29) is 33.6 Å². The molecule has 41 heavy (non-hydrogen) atoms. The number of carbonyl (C=O) groups excluding carboxylic acids is 2. The Morgan fingerprint density at radius 2 is 1.59 bits per heavy atom. The van der Waals surface area contributed by atoms with E-state index in [1.165, 1.54) is 23.1 Å². The highest BCUT2D eigenvalue weighted by Gasteiger charge is 2.34. The van der Waals surface area contributed by atoms with Crippen molar-refractivity contribution in [2.24, 2.45) is 0 Å². The monoisotopic (exact) mass is 641 g/mol. The number of nitrogens with zero attached hydrogens (tertiary/aromatic N) is 2. The first kappa shape index (κ1) is 32.7. The van der Waals surface area contributed by atoms with Crippen LogP contribution in [0.1, 0.15) is 39.7 Å². The lowest BCUT2D eigenvalue weighted by molar-refractivity contribution is -0.141. The molecule has 0 saturated carbocycles. The van der Waals surface area contributed by atoms with E-state index < -0.39 is 45.8 Å². The summed E-state index contributed by atoms with van der Waals surface area (Å²) >= 11 is 18.3. The van der Waals surface area contributed by atoms with E-state index in [2.05, 4.69) is 5.32 Å². The molecule has 3 aromatic rings. The van der Waals surface area contributed by atoms with Crippen molar-refractivity contribution in [3.8, 4) is 0 Å². The van der Waals surface area contributed by atoms with Crippen molar-refractivity contribution >= 4 is 62.3 Å². The van der Waals surface area contributed by atoms with Crippen LogP contribution < -0.4 is 9.62 Å². The van der Waals surface area contributed by atoms with E-state index in [1.54, 1.807) is 43.3 Å². The van der Waals surface area contributed by atoms with Crippen LogP contribution in [0.5, 0.6) is 0 Å². The summed E-state index contributed by atoms with van der Waals surface area (Å²) in [4.78, 5) is 28.6. The molecule has 0 fully saturated rings. The molecule has 0 heterocycles. The summed E-state index contributed by atoms with van der Waals surface area (Å²) in [5.41, 5.74) is -0.0246. The Balaban J connectivity index is 2.10. The predicted octanol–water partition coefficient (Wildman–Crippen LogP) is 6.70. The summed E-state index contributed by atoms with van der Waals surface area (Å²) < 4.78 is 42.5. The highest BCUT2D eigenvalue weighted by molar-refractivity contribution is 7.92. The molecule has 0 unspecified atom stereocenters. The molecular weight excluding hydrogens is 612 g/mol. The van der Waals surface area contributed by atoms with Crippen molar-refractivity contribution in [1.29, 1.82) is 0 Å². The highest BCUT2D eigenvalue weighted by atomic mass is 35.5. The van der Waals surface area contributed by atoms with Crippen LogP contribution in [0.3, 0.4) is 0 Å². The summed E-state index contributed by atoms with van der Waals surface area (Å²) in [6, 6.07) is 14.8. The summed E-state index contributed by atoms with van der Waals surface area (Å²) in [6.45, 7) is 6.44. The van der Waals surface area contributed by atoms with Crippen molar-refractivity contribution in [3.63, 3.8) is 0 Å². The average Bonchev–Trinajstić information content (AvgIpc) is 2.90. The Morgan fingerprint density at radius 1 is 0.927 bits per heavy atom. The maximum absolute atomic E-state index is 14.1. The van der Waals surface area contributed by atoms with Gasteiger partial charge in [0.15, 0.2) is 0 Å². The Hall–Kier alpha value is -2.85. The molecule has 1 N–H and O–H groups in total. The van der Waals surface area contributed by atoms with Gasteiger partial charge < -0.3 is 10.2 Å². The minimum Gasteiger partial charge on any atom is -0.350 e. The predicted molar refractivity (Wildman–Crippen MR) is 161 cm³/mol. The third kappa shape index (κ3) is 8.35. The Kier molecular flexibility index (Phi) is 10.7. The van der Waals surface area contributed by atoms with Crippen molar-refractivity contribution in [2.45, 2.75) is 57.1 Å². The van der Waals surface area contributed by atoms with Gasteiger partial charge in [-0.15, -0.1) is 0 Å². The number of nitrogens with one attached hydrogen (secondary N) is 1. The van der Waals surface area contributed by atoms with Gasteiger partial charge in [0.2, 0.25) is 11.8 Å². The van der Waals surface area contributed by atoms with Gasteiger partial charge in [-0.1, -0.05) is 66.0 Å². The molecule has 1 atom stereocenters. The minimum absolute atomic E-state index is 0.0183.